The van der Waals surface area contributed by atoms with Crippen molar-refractivity contribution in [2.75, 3.05) is 11.9 Å². The third-order valence-corrected chi connectivity index (χ3v) is 5.58. The molecule has 0 bridgehead atoms. The zero-order valence-electron chi connectivity index (χ0n) is 15.7. The van der Waals surface area contributed by atoms with Gasteiger partial charge < -0.3 is 10.1 Å². The van der Waals surface area contributed by atoms with Crippen molar-refractivity contribution in [3.8, 4) is 5.75 Å². The molecule has 8 heteroatoms. The number of halogens is 1. The van der Waals surface area contributed by atoms with E-state index >= 15 is 0 Å². The molecular weight excluding hydrogens is 388 g/mol. The van der Waals surface area contributed by atoms with E-state index < -0.39 is 15.6 Å². The molecule has 146 valence electrons. The van der Waals surface area contributed by atoms with Gasteiger partial charge in [0.1, 0.15) is 5.75 Å². The molecule has 0 aliphatic rings. The fraction of sp³-hybridized carbons (Fsp3) is 0.316. The molecule has 2 rings (SSSR count). The van der Waals surface area contributed by atoms with Crippen LogP contribution in [-0.4, -0.2) is 26.5 Å². The van der Waals surface area contributed by atoms with Gasteiger partial charge in [0.15, 0.2) is 6.61 Å². The molecule has 0 aliphatic heterocycles. The maximum absolute atomic E-state index is 12.3. The van der Waals surface area contributed by atoms with Crippen LogP contribution in [0.1, 0.15) is 26.3 Å². The summed E-state index contributed by atoms with van der Waals surface area (Å²) in [6.45, 7) is 6.96. The molecule has 2 aromatic carbocycles. The highest BCUT2D eigenvalue weighted by Crippen LogP contribution is 2.20. The van der Waals surface area contributed by atoms with E-state index in [2.05, 4.69) is 10.0 Å². The first kappa shape index (κ1) is 21.2. The third kappa shape index (κ3) is 6.53. The second-order valence-corrected chi connectivity index (χ2v) is 9.22. The Balaban J connectivity index is 1.94. The Kier molecular flexibility index (Phi) is 6.51. The molecular formula is C19H23ClN2O4S. The van der Waals surface area contributed by atoms with Gasteiger partial charge in [-0.25, -0.2) is 13.1 Å². The Morgan fingerprint density at radius 3 is 2.30 bits per heavy atom. The number of benzene rings is 2. The molecule has 0 atom stereocenters. The molecule has 0 heterocycles. The van der Waals surface area contributed by atoms with Gasteiger partial charge in [0.2, 0.25) is 10.0 Å². The predicted molar refractivity (Wildman–Crippen MR) is 107 cm³/mol. The number of aryl methyl sites for hydroxylation is 1. The van der Waals surface area contributed by atoms with E-state index in [4.69, 9.17) is 16.3 Å². The monoisotopic (exact) mass is 410 g/mol. The van der Waals surface area contributed by atoms with Crippen molar-refractivity contribution in [1.82, 2.24) is 4.72 Å². The van der Waals surface area contributed by atoms with Gasteiger partial charge in [0, 0.05) is 16.2 Å². The van der Waals surface area contributed by atoms with Crippen LogP contribution in [0.15, 0.2) is 47.4 Å². The highest BCUT2D eigenvalue weighted by atomic mass is 35.5. The molecule has 2 N–H and O–H groups in total. The zero-order valence-corrected chi connectivity index (χ0v) is 17.2. The van der Waals surface area contributed by atoms with Crippen LogP contribution in [0.3, 0.4) is 0 Å². The summed E-state index contributed by atoms with van der Waals surface area (Å²) in [7, 11) is -3.61. The molecule has 0 unspecified atom stereocenters. The SMILES string of the molecule is Cc1ccc(NC(=O)COc2ccc(S(=O)(=O)NC(C)(C)C)cc2)cc1Cl. The average molecular weight is 411 g/mol. The average Bonchev–Trinajstić information content (AvgIpc) is 2.55. The van der Waals surface area contributed by atoms with Crippen LogP contribution in [0.4, 0.5) is 5.69 Å². The summed E-state index contributed by atoms with van der Waals surface area (Å²) in [5, 5.41) is 3.25. The predicted octanol–water partition coefficient (Wildman–Crippen LogP) is 3.74. The molecule has 0 saturated carbocycles. The van der Waals surface area contributed by atoms with Crippen molar-refractivity contribution in [2.45, 2.75) is 38.1 Å². The summed E-state index contributed by atoms with van der Waals surface area (Å²) in [5.74, 6) is 0.0443. The number of hydrogen-bond acceptors (Lipinski definition) is 4. The maximum Gasteiger partial charge on any atom is 0.262 e. The van der Waals surface area contributed by atoms with E-state index in [1.54, 1.807) is 32.9 Å². The Labute approximate surface area is 164 Å². The zero-order chi connectivity index (χ0) is 20.2. The molecule has 6 nitrogen and oxygen atoms in total. The van der Waals surface area contributed by atoms with Crippen LogP contribution in [0, 0.1) is 6.92 Å². The molecule has 0 saturated heterocycles. The van der Waals surface area contributed by atoms with Gasteiger partial charge in [0.05, 0.1) is 4.90 Å². The van der Waals surface area contributed by atoms with Crippen LogP contribution < -0.4 is 14.8 Å². The van der Waals surface area contributed by atoms with Crippen molar-refractivity contribution >= 4 is 33.2 Å². The first-order valence-corrected chi connectivity index (χ1v) is 10.2. The van der Waals surface area contributed by atoms with E-state index in [9.17, 15) is 13.2 Å². The first-order valence-electron chi connectivity index (χ1n) is 8.29. The van der Waals surface area contributed by atoms with Crippen molar-refractivity contribution in [3.05, 3.63) is 53.1 Å². The number of carbonyl (C=O) groups is 1. The van der Waals surface area contributed by atoms with Gasteiger partial charge in [-0.3, -0.25) is 4.79 Å². The lowest BCUT2D eigenvalue weighted by Gasteiger charge is -2.20. The maximum atomic E-state index is 12.3. The quantitative estimate of drug-likeness (QED) is 0.759. The molecule has 0 spiro atoms. The van der Waals surface area contributed by atoms with Crippen LogP contribution in [0.2, 0.25) is 5.02 Å². The molecule has 27 heavy (non-hydrogen) atoms. The fourth-order valence-corrected chi connectivity index (χ4v) is 3.79. The van der Waals surface area contributed by atoms with E-state index in [1.807, 2.05) is 13.0 Å². The number of ether oxygens (including phenoxy) is 1. The minimum absolute atomic E-state index is 0.128. The van der Waals surface area contributed by atoms with Gasteiger partial charge in [-0.15, -0.1) is 0 Å². The highest BCUT2D eigenvalue weighted by molar-refractivity contribution is 7.89. The topological polar surface area (TPSA) is 84.5 Å². The lowest BCUT2D eigenvalue weighted by atomic mass is 10.1. The Morgan fingerprint density at radius 1 is 1.11 bits per heavy atom. The van der Waals surface area contributed by atoms with Crippen LogP contribution in [0.25, 0.3) is 0 Å². The minimum Gasteiger partial charge on any atom is -0.484 e. The summed E-state index contributed by atoms with van der Waals surface area (Å²) in [6.07, 6.45) is 0. The minimum atomic E-state index is -3.61. The second-order valence-electron chi connectivity index (χ2n) is 7.13. The van der Waals surface area contributed by atoms with Crippen LogP contribution in [-0.2, 0) is 14.8 Å². The Hall–Kier alpha value is -2.09. The summed E-state index contributed by atoms with van der Waals surface area (Å²) in [4.78, 5) is 12.1. The van der Waals surface area contributed by atoms with Crippen molar-refractivity contribution < 1.29 is 17.9 Å². The van der Waals surface area contributed by atoms with E-state index in [0.717, 1.165) is 5.56 Å². The Morgan fingerprint density at radius 2 is 1.74 bits per heavy atom. The number of anilines is 1. The van der Waals surface area contributed by atoms with Gasteiger partial charge in [-0.1, -0.05) is 17.7 Å². The smallest absolute Gasteiger partial charge is 0.262 e. The molecule has 1 amide bonds. The highest BCUT2D eigenvalue weighted by Gasteiger charge is 2.21. The number of amides is 1. The van der Waals surface area contributed by atoms with Crippen molar-refractivity contribution in [1.29, 1.82) is 0 Å². The summed E-state index contributed by atoms with van der Waals surface area (Å²) in [6, 6.07) is 11.1. The van der Waals surface area contributed by atoms with E-state index in [1.165, 1.54) is 24.3 Å². The molecule has 0 fully saturated rings. The standard InChI is InChI=1S/C19H23ClN2O4S/c1-13-5-6-14(11-17(13)20)21-18(23)12-26-15-7-9-16(10-8-15)27(24,25)22-19(2,3)4/h5-11,22H,12H2,1-4H3,(H,21,23). The first-order chi connectivity index (χ1) is 12.5. The molecule has 2 aromatic rings. The number of nitrogens with one attached hydrogen (secondary N) is 2. The molecule has 0 radical (unpaired) electrons. The second kappa shape index (κ2) is 8.29. The van der Waals surface area contributed by atoms with Crippen LogP contribution in [0.5, 0.6) is 5.75 Å². The summed E-state index contributed by atoms with van der Waals surface area (Å²) >= 11 is 6.03. The van der Waals surface area contributed by atoms with E-state index in [0.29, 0.717) is 16.5 Å². The van der Waals surface area contributed by atoms with Crippen molar-refractivity contribution in [3.63, 3.8) is 0 Å². The number of sulfonamides is 1. The summed E-state index contributed by atoms with van der Waals surface area (Å²) in [5.41, 5.74) is 0.918. The third-order valence-electron chi connectivity index (χ3n) is 3.40. The lowest BCUT2D eigenvalue weighted by molar-refractivity contribution is -0.118. The Bertz CT molecular complexity index is 920. The fourth-order valence-electron chi connectivity index (χ4n) is 2.19. The van der Waals surface area contributed by atoms with Crippen LogP contribution >= 0.6 is 11.6 Å². The van der Waals surface area contributed by atoms with Gasteiger partial charge in [0.25, 0.3) is 5.91 Å². The van der Waals surface area contributed by atoms with Gasteiger partial charge in [-0.2, -0.15) is 0 Å². The largest absolute Gasteiger partial charge is 0.484 e. The normalized spacial score (nSPS) is 11.9. The van der Waals surface area contributed by atoms with Gasteiger partial charge in [-0.05, 0) is 69.7 Å². The number of carbonyl (C=O) groups excluding carboxylic acids is 1. The molecule has 0 aliphatic carbocycles. The lowest BCUT2D eigenvalue weighted by Crippen LogP contribution is -2.40. The van der Waals surface area contributed by atoms with E-state index in [-0.39, 0.29) is 17.4 Å². The van der Waals surface area contributed by atoms with Crippen molar-refractivity contribution in [2.24, 2.45) is 0 Å². The molecule has 0 aromatic heterocycles. The number of rotatable bonds is 6. The number of hydrogen-bond donors (Lipinski definition) is 2. The summed E-state index contributed by atoms with van der Waals surface area (Å²) < 4.78 is 32.5. The van der Waals surface area contributed by atoms with Gasteiger partial charge >= 0.3 is 0 Å².